The molecule has 1 fully saturated rings. The molecular weight excluding hydrogens is 240 g/mol. The lowest BCUT2D eigenvalue weighted by Crippen LogP contribution is -2.51. The van der Waals surface area contributed by atoms with Gasteiger partial charge in [-0.1, -0.05) is 0 Å². The summed E-state index contributed by atoms with van der Waals surface area (Å²) < 4.78 is 26.8. The van der Waals surface area contributed by atoms with E-state index >= 15 is 0 Å². The van der Waals surface area contributed by atoms with Gasteiger partial charge in [0.15, 0.2) is 5.03 Å². The zero-order valence-electron chi connectivity index (χ0n) is 10.0. The van der Waals surface area contributed by atoms with Gasteiger partial charge < -0.3 is 10.3 Å². The average molecular weight is 258 g/mol. The van der Waals surface area contributed by atoms with Gasteiger partial charge >= 0.3 is 0 Å². The molecule has 3 N–H and O–H groups in total. The molecule has 1 saturated heterocycles. The van der Waals surface area contributed by atoms with Crippen LogP contribution in [-0.4, -0.2) is 37.0 Å². The number of aromatic nitrogens is 2. The van der Waals surface area contributed by atoms with E-state index in [4.69, 9.17) is 0 Å². The molecule has 0 saturated carbocycles. The molecule has 0 radical (unpaired) electrons. The van der Waals surface area contributed by atoms with Crippen LogP contribution in [0.15, 0.2) is 11.2 Å². The zero-order valence-corrected chi connectivity index (χ0v) is 10.8. The lowest BCUT2D eigenvalue weighted by molar-refractivity contribution is 0.348. The van der Waals surface area contributed by atoms with Crippen LogP contribution in [0.2, 0.25) is 0 Å². The van der Waals surface area contributed by atoms with Crippen LogP contribution < -0.4 is 10.0 Å². The van der Waals surface area contributed by atoms with Gasteiger partial charge in [0.25, 0.3) is 10.0 Å². The van der Waals surface area contributed by atoms with Gasteiger partial charge in [-0.05, 0) is 33.2 Å². The molecular formula is C10H18N4O2S. The Hall–Kier alpha value is -0.920. The number of nitrogens with zero attached hydrogens (tertiary/aromatic N) is 1. The maximum Gasteiger partial charge on any atom is 0.257 e. The first-order valence-electron chi connectivity index (χ1n) is 5.76. The number of hydrogen-bond donors (Lipinski definition) is 3. The lowest BCUT2D eigenvalue weighted by Gasteiger charge is -2.30. The molecule has 2 atom stereocenters. The quantitative estimate of drug-likeness (QED) is 0.719. The zero-order chi connectivity index (χ0) is 12.5. The summed E-state index contributed by atoms with van der Waals surface area (Å²) in [5, 5.41) is 3.39. The summed E-state index contributed by atoms with van der Waals surface area (Å²) in [4.78, 5) is 6.64. The van der Waals surface area contributed by atoms with E-state index in [2.05, 4.69) is 20.0 Å². The third kappa shape index (κ3) is 2.85. The van der Waals surface area contributed by atoms with Gasteiger partial charge in [0.05, 0.1) is 6.20 Å². The fraction of sp³-hybridized carbons (Fsp3) is 0.700. The molecule has 2 heterocycles. The van der Waals surface area contributed by atoms with E-state index in [9.17, 15) is 8.42 Å². The van der Waals surface area contributed by atoms with Crippen molar-refractivity contribution in [3.63, 3.8) is 0 Å². The van der Waals surface area contributed by atoms with Crippen molar-refractivity contribution in [2.45, 2.75) is 43.8 Å². The predicted molar refractivity (Wildman–Crippen MR) is 64.1 cm³/mol. The standard InChI is InChI=1S/C10H18N4O2S/c1-7-9(4-3-5-11-7)14-17(15,16)10-6-12-8(2)13-10/h6-7,9,11,14H,3-5H2,1-2H3,(H,12,13). The fourth-order valence-electron chi connectivity index (χ4n) is 2.00. The van der Waals surface area contributed by atoms with Crippen LogP contribution >= 0.6 is 0 Å². The minimum atomic E-state index is -3.48. The highest BCUT2D eigenvalue weighted by atomic mass is 32.2. The molecule has 1 aliphatic heterocycles. The van der Waals surface area contributed by atoms with E-state index in [0.717, 1.165) is 19.4 Å². The second-order valence-electron chi connectivity index (χ2n) is 4.45. The van der Waals surface area contributed by atoms with Crippen molar-refractivity contribution < 1.29 is 8.42 Å². The van der Waals surface area contributed by atoms with Crippen LogP contribution in [0, 0.1) is 6.92 Å². The number of piperidine rings is 1. The Morgan fingerprint density at radius 3 is 2.88 bits per heavy atom. The molecule has 2 rings (SSSR count). The Labute approximate surface area is 101 Å². The highest BCUT2D eigenvalue weighted by molar-refractivity contribution is 7.89. The predicted octanol–water partition coefficient (Wildman–Crippen LogP) is 0.137. The topological polar surface area (TPSA) is 86.9 Å². The monoisotopic (exact) mass is 258 g/mol. The second kappa shape index (κ2) is 4.75. The molecule has 1 aliphatic rings. The number of imidazole rings is 1. The smallest absolute Gasteiger partial charge is 0.257 e. The van der Waals surface area contributed by atoms with Gasteiger partial charge in [0.1, 0.15) is 5.82 Å². The fourth-order valence-corrected chi connectivity index (χ4v) is 3.32. The van der Waals surface area contributed by atoms with E-state index in [-0.39, 0.29) is 17.1 Å². The van der Waals surface area contributed by atoms with Gasteiger partial charge in [-0.15, -0.1) is 0 Å². The van der Waals surface area contributed by atoms with Crippen molar-refractivity contribution in [3.05, 3.63) is 12.0 Å². The first-order valence-corrected chi connectivity index (χ1v) is 7.25. The number of hydrogen-bond acceptors (Lipinski definition) is 4. The van der Waals surface area contributed by atoms with Gasteiger partial charge in [0.2, 0.25) is 0 Å². The normalized spacial score (nSPS) is 26.0. The third-order valence-corrected chi connectivity index (χ3v) is 4.44. The van der Waals surface area contributed by atoms with Crippen molar-refractivity contribution in [2.24, 2.45) is 0 Å². The first kappa shape index (κ1) is 12.5. The molecule has 1 aromatic rings. The SMILES string of the molecule is Cc1ncc(S(=O)(=O)NC2CCCNC2C)[nH]1. The number of nitrogens with one attached hydrogen (secondary N) is 3. The van der Waals surface area contributed by atoms with Crippen LogP contribution in [0.4, 0.5) is 0 Å². The highest BCUT2D eigenvalue weighted by Gasteiger charge is 2.27. The second-order valence-corrected chi connectivity index (χ2v) is 6.13. The number of sulfonamides is 1. The van der Waals surface area contributed by atoms with Crippen LogP contribution in [0.5, 0.6) is 0 Å². The Balaban J connectivity index is 2.11. The van der Waals surface area contributed by atoms with Gasteiger partial charge in [-0.25, -0.2) is 18.1 Å². The largest absolute Gasteiger partial charge is 0.332 e. The molecule has 1 aromatic heterocycles. The van der Waals surface area contributed by atoms with Crippen LogP contribution in [-0.2, 0) is 10.0 Å². The molecule has 0 amide bonds. The van der Waals surface area contributed by atoms with Crippen LogP contribution in [0.25, 0.3) is 0 Å². The molecule has 2 unspecified atom stereocenters. The van der Waals surface area contributed by atoms with Crippen molar-refractivity contribution in [2.75, 3.05) is 6.54 Å². The van der Waals surface area contributed by atoms with Crippen molar-refractivity contribution in [3.8, 4) is 0 Å². The number of rotatable bonds is 3. The Morgan fingerprint density at radius 1 is 1.53 bits per heavy atom. The van der Waals surface area contributed by atoms with Gasteiger partial charge in [-0.3, -0.25) is 0 Å². The van der Waals surface area contributed by atoms with Crippen molar-refractivity contribution >= 4 is 10.0 Å². The van der Waals surface area contributed by atoms with Crippen molar-refractivity contribution in [1.29, 1.82) is 0 Å². The Morgan fingerprint density at radius 2 is 2.29 bits per heavy atom. The summed E-state index contributed by atoms with van der Waals surface area (Å²) in [6.07, 6.45) is 3.19. The van der Waals surface area contributed by atoms with E-state index < -0.39 is 10.0 Å². The molecule has 7 heteroatoms. The first-order chi connectivity index (χ1) is 7.99. The van der Waals surface area contributed by atoms with Crippen LogP contribution in [0.1, 0.15) is 25.6 Å². The molecule has 0 aliphatic carbocycles. The third-order valence-electron chi connectivity index (χ3n) is 3.04. The van der Waals surface area contributed by atoms with Crippen molar-refractivity contribution in [1.82, 2.24) is 20.0 Å². The lowest BCUT2D eigenvalue weighted by atomic mass is 10.0. The molecule has 0 aromatic carbocycles. The molecule has 6 nitrogen and oxygen atoms in total. The minimum Gasteiger partial charge on any atom is -0.332 e. The van der Waals surface area contributed by atoms with Crippen LogP contribution in [0.3, 0.4) is 0 Å². The summed E-state index contributed by atoms with van der Waals surface area (Å²) in [7, 11) is -3.48. The summed E-state index contributed by atoms with van der Waals surface area (Å²) in [6, 6.07) is 0.0971. The molecule has 17 heavy (non-hydrogen) atoms. The Bertz CT molecular complexity index is 482. The number of aryl methyl sites for hydroxylation is 1. The maximum atomic E-state index is 12.0. The summed E-state index contributed by atoms with van der Waals surface area (Å²) in [5.74, 6) is 0.597. The van der Waals surface area contributed by atoms with E-state index in [1.165, 1.54) is 6.20 Å². The summed E-state index contributed by atoms with van der Waals surface area (Å²) in [6.45, 7) is 4.66. The molecule has 96 valence electrons. The maximum absolute atomic E-state index is 12.0. The highest BCUT2D eigenvalue weighted by Crippen LogP contribution is 2.12. The Kier molecular flexibility index (Phi) is 3.50. The van der Waals surface area contributed by atoms with E-state index in [0.29, 0.717) is 5.82 Å². The summed E-state index contributed by atoms with van der Waals surface area (Å²) in [5.41, 5.74) is 0. The van der Waals surface area contributed by atoms with E-state index in [1.807, 2.05) is 6.92 Å². The minimum absolute atomic E-state index is 0.0580. The van der Waals surface area contributed by atoms with Gasteiger partial charge in [-0.2, -0.15) is 0 Å². The number of H-pyrrole nitrogens is 1. The molecule has 0 bridgehead atoms. The van der Waals surface area contributed by atoms with Gasteiger partial charge in [0, 0.05) is 12.1 Å². The number of aromatic amines is 1. The average Bonchev–Trinajstić information content (AvgIpc) is 2.69. The summed E-state index contributed by atoms with van der Waals surface area (Å²) >= 11 is 0. The van der Waals surface area contributed by atoms with E-state index in [1.54, 1.807) is 6.92 Å². The molecule has 0 spiro atoms.